The smallest absolute Gasteiger partial charge is 0.257 e. The highest BCUT2D eigenvalue weighted by Gasteiger charge is 2.21. The number of aryl methyl sites for hydroxylation is 2. The van der Waals surface area contributed by atoms with Crippen LogP contribution in [0.15, 0.2) is 30.5 Å². The minimum Gasteiger partial charge on any atom is -0.348 e. The van der Waals surface area contributed by atoms with E-state index in [9.17, 15) is 9.18 Å². The average molecular weight is 338 g/mol. The number of benzene rings is 1. The predicted molar refractivity (Wildman–Crippen MR) is 91.9 cm³/mol. The van der Waals surface area contributed by atoms with Crippen LogP contribution in [-0.2, 0) is 19.4 Å². The molecule has 0 bridgehead atoms. The van der Waals surface area contributed by atoms with Gasteiger partial charge in [0.25, 0.3) is 5.91 Å². The van der Waals surface area contributed by atoms with E-state index >= 15 is 0 Å². The Kier molecular flexibility index (Phi) is 3.95. The highest BCUT2D eigenvalue weighted by Crippen LogP contribution is 2.24. The van der Waals surface area contributed by atoms with Crippen LogP contribution in [0.4, 0.5) is 4.39 Å². The van der Waals surface area contributed by atoms with Crippen LogP contribution in [0.1, 0.15) is 45.7 Å². The molecule has 1 aliphatic carbocycles. The molecule has 0 saturated heterocycles. The molecule has 0 unspecified atom stereocenters. The normalized spacial score (nSPS) is 13.7. The molecule has 2 heterocycles. The maximum Gasteiger partial charge on any atom is 0.257 e. The summed E-state index contributed by atoms with van der Waals surface area (Å²) in [5.41, 5.74) is 5.34. The van der Waals surface area contributed by atoms with Crippen molar-refractivity contribution < 1.29 is 9.18 Å². The summed E-state index contributed by atoms with van der Waals surface area (Å²) >= 11 is 0. The van der Waals surface area contributed by atoms with Gasteiger partial charge in [-0.25, -0.2) is 13.9 Å². The molecule has 0 fully saturated rings. The van der Waals surface area contributed by atoms with Crippen LogP contribution >= 0.6 is 0 Å². The van der Waals surface area contributed by atoms with Crippen molar-refractivity contribution >= 4 is 11.6 Å². The third kappa shape index (κ3) is 2.88. The average Bonchev–Trinajstić information content (AvgIpc) is 3.05. The van der Waals surface area contributed by atoms with E-state index in [4.69, 9.17) is 4.98 Å². The quantitative estimate of drug-likeness (QED) is 0.799. The minimum absolute atomic E-state index is 0.220. The molecular weight excluding hydrogens is 319 g/mol. The van der Waals surface area contributed by atoms with Crippen LogP contribution in [0.2, 0.25) is 0 Å². The topological polar surface area (TPSA) is 59.3 Å². The van der Waals surface area contributed by atoms with E-state index in [-0.39, 0.29) is 11.7 Å². The zero-order valence-corrected chi connectivity index (χ0v) is 14.1. The molecule has 1 amide bonds. The summed E-state index contributed by atoms with van der Waals surface area (Å²) in [6.07, 6.45) is 5.86. The van der Waals surface area contributed by atoms with Crippen molar-refractivity contribution in [3.05, 3.63) is 64.4 Å². The molecule has 1 aromatic carbocycles. The van der Waals surface area contributed by atoms with Crippen LogP contribution in [-0.4, -0.2) is 20.5 Å². The van der Waals surface area contributed by atoms with Crippen LogP contribution in [0.25, 0.3) is 5.65 Å². The molecule has 5 nitrogen and oxygen atoms in total. The number of hydrogen-bond donors (Lipinski definition) is 1. The van der Waals surface area contributed by atoms with E-state index in [0.717, 1.165) is 36.2 Å². The molecule has 0 saturated carbocycles. The Labute approximate surface area is 144 Å². The molecule has 1 N–H and O–H groups in total. The van der Waals surface area contributed by atoms with Gasteiger partial charge in [0.1, 0.15) is 11.4 Å². The van der Waals surface area contributed by atoms with Crippen molar-refractivity contribution in [2.45, 2.75) is 39.2 Å². The highest BCUT2D eigenvalue weighted by atomic mass is 19.1. The Balaban J connectivity index is 1.61. The van der Waals surface area contributed by atoms with Gasteiger partial charge in [-0.1, -0.05) is 12.1 Å². The van der Waals surface area contributed by atoms with Crippen molar-refractivity contribution in [2.24, 2.45) is 0 Å². The molecule has 0 aliphatic heterocycles. The fourth-order valence-electron chi connectivity index (χ4n) is 3.39. The molecule has 0 atom stereocenters. The summed E-state index contributed by atoms with van der Waals surface area (Å²) in [5.74, 6) is -0.510. The zero-order valence-electron chi connectivity index (χ0n) is 14.1. The lowest BCUT2D eigenvalue weighted by atomic mass is 9.95. The number of rotatable bonds is 3. The van der Waals surface area contributed by atoms with Gasteiger partial charge in [-0.2, -0.15) is 5.10 Å². The fraction of sp³-hybridized carbons (Fsp3) is 0.316. The zero-order chi connectivity index (χ0) is 17.4. The van der Waals surface area contributed by atoms with Gasteiger partial charge in [0.2, 0.25) is 0 Å². The summed E-state index contributed by atoms with van der Waals surface area (Å²) in [5, 5.41) is 7.22. The third-order valence-electron chi connectivity index (χ3n) is 4.79. The highest BCUT2D eigenvalue weighted by molar-refractivity contribution is 5.99. The van der Waals surface area contributed by atoms with Crippen LogP contribution in [0.3, 0.4) is 0 Å². The molecule has 6 heteroatoms. The minimum atomic E-state index is -0.290. The molecule has 0 spiro atoms. The number of carbonyl (C=O) groups is 1. The second kappa shape index (κ2) is 6.27. The lowest BCUT2D eigenvalue weighted by Gasteiger charge is -2.17. The summed E-state index contributed by atoms with van der Waals surface area (Å²) in [7, 11) is 0. The SMILES string of the molecule is Cc1c2c(nc3c(C(=O)NCc4ccc(F)cc4)cnn13)CCCC2. The fourth-order valence-corrected chi connectivity index (χ4v) is 3.39. The Morgan fingerprint density at radius 3 is 2.80 bits per heavy atom. The number of amides is 1. The first-order valence-corrected chi connectivity index (χ1v) is 8.52. The van der Waals surface area contributed by atoms with Gasteiger partial charge in [-0.3, -0.25) is 4.79 Å². The van der Waals surface area contributed by atoms with E-state index in [2.05, 4.69) is 10.4 Å². The summed E-state index contributed by atoms with van der Waals surface area (Å²) < 4.78 is 14.7. The molecule has 2 aromatic heterocycles. The summed E-state index contributed by atoms with van der Waals surface area (Å²) in [6, 6.07) is 6.08. The first-order valence-electron chi connectivity index (χ1n) is 8.52. The molecule has 3 aromatic rings. The summed E-state index contributed by atoms with van der Waals surface area (Å²) in [4.78, 5) is 17.3. The van der Waals surface area contributed by atoms with E-state index in [0.29, 0.717) is 17.8 Å². The predicted octanol–water partition coefficient (Wildman–Crippen LogP) is 2.99. The third-order valence-corrected chi connectivity index (χ3v) is 4.79. The second-order valence-corrected chi connectivity index (χ2v) is 6.43. The van der Waals surface area contributed by atoms with Gasteiger partial charge in [-0.15, -0.1) is 0 Å². The van der Waals surface area contributed by atoms with Gasteiger partial charge < -0.3 is 5.32 Å². The van der Waals surface area contributed by atoms with E-state index in [1.54, 1.807) is 22.8 Å². The van der Waals surface area contributed by atoms with Crippen molar-refractivity contribution in [2.75, 3.05) is 0 Å². The molecule has 128 valence electrons. The van der Waals surface area contributed by atoms with E-state index < -0.39 is 0 Å². The van der Waals surface area contributed by atoms with Crippen molar-refractivity contribution in [3.63, 3.8) is 0 Å². The molecule has 25 heavy (non-hydrogen) atoms. The molecule has 0 radical (unpaired) electrons. The Morgan fingerprint density at radius 1 is 1.24 bits per heavy atom. The van der Waals surface area contributed by atoms with Gasteiger partial charge in [0, 0.05) is 17.9 Å². The Bertz CT molecular complexity index is 946. The first-order chi connectivity index (χ1) is 12.1. The number of hydrogen-bond acceptors (Lipinski definition) is 3. The van der Waals surface area contributed by atoms with Gasteiger partial charge in [0.05, 0.1) is 6.20 Å². The van der Waals surface area contributed by atoms with Gasteiger partial charge in [0.15, 0.2) is 5.65 Å². The van der Waals surface area contributed by atoms with Crippen molar-refractivity contribution in [1.82, 2.24) is 19.9 Å². The number of carbonyl (C=O) groups excluding carboxylic acids is 1. The van der Waals surface area contributed by atoms with E-state index in [1.807, 2.05) is 6.92 Å². The lowest BCUT2D eigenvalue weighted by molar-refractivity contribution is 0.0952. The van der Waals surface area contributed by atoms with Gasteiger partial charge in [-0.05, 0) is 55.9 Å². The second-order valence-electron chi connectivity index (χ2n) is 6.43. The number of aromatic nitrogens is 3. The number of fused-ring (bicyclic) bond motifs is 2. The Morgan fingerprint density at radius 2 is 2.00 bits per heavy atom. The van der Waals surface area contributed by atoms with Crippen molar-refractivity contribution in [1.29, 1.82) is 0 Å². The van der Waals surface area contributed by atoms with Crippen LogP contribution in [0.5, 0.6) is 0 Å². The standard InChI is InChI=1S/C19H19FN4O/c1-12-15-4-2-3-5-17(15)23-18-16(11-22-24(12)18)19(25)21-10-13-6-8-14(20)9-7-13/h6-9,11H,2-5,10H2,1H3,(H,21,25). The number of nitrogens with one attached hydrogen (secondary N) is 1. The molecular formula is C19H19FN4O. The monoisotopic (exact) mass is 338 g/mol. The van der Waals surface area contributed by atoms with Crippen LogP contribution < -0.4 is 5.32 Å². The Hall–Kier alpha value is -2.76. The van der Waals surface area contributed by atoms with Crippen LogP contribution in [0, 0.1) is 12.7 Å². The van der Waals surface area contributed by atoms with Gasteiger partial charge >= 0.3 is 0 Å². The molecule has 4 rings (SSSR count). The maximum atomic E-state index is 13.0. The van der Waals surface area contributed by atoms with Crippen molar-refractivity contribution in [3.8, 4) is 0 Å². The lowest BCUT2D eigenvalue weighted by Crippen LogP contribution is -2.23. The molecule has 1 aliphatic rings. The number of nitrogens with zero attached hydrogens (tertiary/aromatic N) is 3. The maximum absolute atomic E-state index is 13.0. The largest absolute Gasteiger partial charge is 0.348 e. The van der Waals surface area contributed by atoms with E-state index in [1.165, 1.54) is 24.1 Å². The summed E-state index contributed by atoms with van der Waals surface area (Å²) in [6.45, 7) is 2.37. The number of halogens is 1. The first kappa shape index (κ1) is 15.7.